The van der Waals surface area contributed by atoms with Gasteiger partial charge in [0.1, 0.15) is 0 Å². The summed E-state index contributed by atoms with van der Waals surface area (Å²) in [5.74, 6) is 0.449. The van der Waals surface area contributed by atoms with Crippen molar-refractivity contribution in [3.8, 4) is 10.6 Å². The van der Waals surface area contributed by atoms with E-state index in [1.807, 2.05) is 30.5 Å². The number of carbonyl (C=O) groups excluding carboxylic acids is 1. The van der Waals surface area contributed by atoms with Gasteiger partial charge >= 0.3 is 0 Å². The Morgan fingerprint density at radius 2 is 2.03 bits per heavy atom. The number of carbonyl (C=O) groups is 1. The van der Waals surface area contributed by atoms with E-state index in [0.717, 1.165) is 77.2 Å². The van der Waals surface area contributed by atoms with Gasteiger partial charge in [-0.3, -0.25) is 4.79 Å². The molecule has 1 aliphatic heterocycles. The molecule has 31 heavy (non-hydrogen) atoms. The first kappa shape index (κ1) is 19.9. The molecule has 1 aromatic carbocycles. The molecule has 0 bridgehead atoms. The Hall–Kier alpha value is -3.04. The van der Waals surface area contributed by atoms with E-state index in [-0.39, 0.29) is 12.0 Å². The zero-order valence-electron chi connectivity index (χ0n) is 17.3. The second-order valence-electron chi connectivity index (χ2n) is 7.76. The maximum atomic E-state index is 11.2. The number of thiazole rings is 1. The Morgan fingerprint density at radius 1 is 1.19 bits per heavy atom. The van der Waals surface area contributed by atoms with E-state index in [9.17, 15) is 4.79 Å². The van der Waals surface area contributed by atoms with Gasteiger partial charge in [-0.25, -0.2) is 15.0 Å². The van der Waals surface area contributed by atoms with Crippen LogP contribution in [0.5, 0.6) is 0 Å². The van der Waals surface area contributed by atoms with Crippen LogP contribution in [0.3, 0.4) is 0 Å². The molecule has 160 valence electrons. The normalized spacial score (nSPS) is 17.0. The number of aromatic nitrogens is 3. The lowest BCUT2D eigenvalue weighted by molar-refractivity contribution is -0.114. The predicted molar refractivity (Wildman–Crippen MR) is 122 cm³/mol. The summed E-state index contributed by atoms with van der Waals surface area (Å²) in [4.78, 5) is 26.4. The first-order valence-electron chi connectivity index (χ1n) is 10.5. The summed E-state index contributed by atoms with van der Waals surface area (Å²) in [6.45, 7) is 3.14. The van der Waals surface area contributed by atoms with Crippen molar-refractivity contribution >= 4 is 39.7 Å². The van der Waals surface area contributed by atoms with Gasteiger partial charge in [0, 0.05) is 37.6 Å². The van der Waals surface area contributed by atoms with Crippen molar-refractivity contribution in [3.05, 3.63) is 41.7 Å². The van der Waals surface area contributed by atoms with Crippen LogP contribution in [0.4, 0.5) is 22.5 Å². The highest BCUT2D eigenvalue weighted by Gasteiger charge is 2.24. The highest BCUT2D eigenvalue weighted by Crippen LogP contribution is 2.38. The molecule has 9 heteroatoms. The molecule has 5 rings (SSSR count). The molecule has 1 saturated heterocycles. The number of fused-ring (bicyclic) bond motifs is 3. The van der Waals surface area contributed by atoms with Crippen LogP contribution in [0, 0.1) is 0 Å². The van der Waals surface area contributed by atoms with Crippen molar-refractivity contribution in [2.45, 2.75) is 38.7 Å². The molecule has 3 N–H and O–H groups in total. The van der Waals surface area contributed by atoms with Gasteiger partial charge in [-0.2, -0.15) is 0 Å². The summed E-state index contributed by atoms with van der Waals surface area (Å²) in [6, 6.07) is 7.46. The van der Waals surface area contributed by atoms with Crippen molar-refractivity contribution in [2.24, 2.45) is 0 Å². The molecule has 8 nitrogen and oxygen atoms in total. The summed E-state index contributed by atoms with van der Waals surface area (Å²) in [7, 11) is 0. The fourth-order valence-corrected chi connectivity index (χ4v) is 4.90. The molecule has 1 unspecified atom stereocenters. The summed E-state index contributed by atoms with van der Waals surface area (Å²) in [5.41, 5.74) is 4.80. The second-order valence-corrected chi connectivity index (χ2v) is 8.76. The summed E-state index contributed by atoms with van der Waals surface area (Å²) in [5, 5.41) is 10.4. The van der Waals surface area contributed by atoms with E-state index < -0.39 is 0 Å². The van der Waals surface area contributed by atoms with Gasteiger partial charge in [-0.1, -0.05) is 11.3 Å². The molecule has 1 fully saturated rings. The number of anilines is 4. The number of nitrogens with zero attached hydrogens (tertiary/aromatic N) is 3. The minimum atomic E-state index is -0.0938. The largest absolute Gasteiger partial charge is 0.376 e. The van der Waals surface area contributed by atoms with Crippen LogP contribution in [0.15, 0.2) is 30.5 Å². The first-order valence-corrected chi connectivity index (χ1v) is 11.3. The van der Waals surface area contributed by atoms with Crippen LogP contribution in [0.25, 0.3) is 10.6 Å². The lowest BCUT2D eigenvalue weighted by Gasteiger charge is -2.15. The lowest BCUT2D eigenvalue weighted by atomic mass is 10.00. The molecular formula is C22H24N6O2S. The number of hydrogen-bond acceptors (Lipinski definition) is 8. The highest BCUT2D eigenvalue weighted by atomic mass is 32.1. The van der Waals surface area contributed by atoms with Crippen LogP contribution in [0.2, 0.25) is 0 Å². The van der Waals surface area contributed by atoms with E-state index in [2.05, 4.69) is 20.9 Å². The molecule has 1 aliphatic carbocycles. The van der Waals surface area contributed by atoms with Crippen molar-refractivity contribution in [3.63, 3.8) is 0 Å². The number of nitrogens with one attached hydrogen (secondary N) is 3. The van der Waals surface area contributed by atoms with Crippen LogP contribution < -0.4 is 16.0 Å². The van der Waals surface area contributed by atoms with Gasteiger partial charge in [0.15, 0.2) is 5.13 Å². The van der Waals surface area contributed by atoms with Gasteiger partial charge in [0.05, 0.1) is 22.4 Å². The van der Waals surface area contributed by atoms with Crippen LogP contribution in [0.1, 0.15) is 31.0 Å². The third-order valence-corrected chi connectivity index (χ3v) is 6.44. The van der Waals surface area contributed by atoms with Gasteiger partial charge in [0.2, 0.25) is 11.9 Å². The number of aryl methyl sites for hydroxylation is 2. The Kier molecular flexibility index (Phi) is 5.52. The minimum absolute atomic E-state index is 0.0938. The predicted octanol–water partition coefficient (Wildman–Crippen LogP) is 3.99. The summed E-state index contributed by atoms with van der Waals surface area (Å²) in [6.07, 6.45) is 6.22. The molecule has 2 aromatic heterocycles. The fraction of sp³-hybridized carbons (Fsp3) is 0.364. The van der Waals surface area contributed by atoms with E-state index in [1.54, 1.807) is 11.3 Å². The lowest BCUT2D eigenvalue weighted by Crippen LogP contribution is -2.18. The fourth-order valence-electron chi connectivity index (χ4n) is 3.86. The average molecular weight is 437 g/mol. The Labute approximate surface area is 184 Å². The zero-order chi connectivity index (χ0) is 21.2. The summed E-state index contributed by atoms with van der Waals surface area (Å²) < 4.78 is 5.70. The molecule has 1 amide bonds. The highest BCUT2D eigenvalue weighted by molar-refractivity contribution is 7.19. The minimum Gasteiger partial charge on any atom is -0.376 e. The van der Waals surface area contributed by atoms with E-state index in [1.165, 1.54) is 6.92 Å². The smallest absolute Gasteiger partial charge is 0.227 e. The third kappa shape index (κ3) is 4.52. The monoisotopic (exact) mass is 436 g/mol. The molecule has 2 aliphatic rings. The van der Waals surface area contributed by atoms with Gasteiger partial charge in [-0.15, -0.1) is 0 Å². The SMILES string of the molecule is CC(=O)Nc1ccc(Nc2ncc3c(n2)-c2sc(NCC4CCCO4)nc2CC3)cc1. The van der Waals surface area contributed by atoms with Crippen LogP contribution in [-0.2, 0) is 22.4 Å². The average Bonchev–Trinajstić information content (AvgIpc) is 3.43. The molecule has 3 aromatic rings. The molecule has 0 saturated carbocycles. The number of rotatable bonds is 6. The molecule has 3 heterocycles. The number of ether oxygens (including phenoxy) is 1. The van der Waals surface area contributed by atoms with Crippen molar-refractivity contribution in [2.75, 3.05) is 29.1 Å². The third-order valence-electron chi connectivity index (χ3n) is 5.37. The molecular weight excluding hydrogens is 412 g/mol. The Morgan fingerprint density at radius 3 is 2.81 bits per heavy atom. The van der Waals surface area contributed by atoms with Crippen LogP contribution >= 0.6 is 11.3 Å². The maximum Gasteiger partial charge on any atom is 0.227 e. The second kappa shape index (κ2) is 8.60. The van der Waals surface area contributed by atoms with Crippen molar-refractivity contribution < 1.29 is 9.53 Å². The quantitative estimate of drug-likeness (QED) is 0.537. The van der Waals surface area contributed by atoms with Crippen molar-refractivity contribution in [1.82, 2.24) is 15.0 Å². The molecule has 0 radical (unpaired) electrons. The summed E-state index contributed by atoms with van der Waals surface area (Å²) >= 11 is 1.65. The number of hydrogen-bond donors (Lipinski definition) is 3. The molecule has 1 atom stereocenters. The number of benzene rings is 1. The van der Waals surface area contributed by atoms with Crippen LogP contribution in [-0.4, -0.2) is 40.1 Å². The van der Waals surface area contributed by atoms with Gasteiger partial charge in [0.25, 0.3) is 0 Å². The standard InChI is InChI=1S/C22H24N6O2S/c1-13(29)25-15-5-7-16(8-6-15)26-21-23-11-14-4-9-18-20(19(14)28-21)31-22(27-18)24-12-17-3-2-10-30-17/h5-8,11,17H,2-4,9-10,12H2,1H3,(H,24,27)(H,25,29)(H,23,26,28). The zero-order valence-corrected chi connectivity index (χ0v) is 18.1. The van der Waals surface area contributed by atoms with E-state index in [4.69, 9.17) is 14.7 Å². The number of amides is 1. The Balaban J connectivity index is 1.32. The van der Waals surface area contributed by atoms with E-state index in [0.29, 0.717) is 5.95 Å². The molecule has 0 spiro atoms. The topological polar surface area (TPSA) is 101 Å². The van der Waals surface area contributed by atoms with E-state index >= 15 is 0 Å². The van der Waals surface area contributed by atoms with Gasteiger partial charge < -0.3 is 20.7 Å². The van der Waals surface area contributed by atoms with Crippen molar-refractivity contribution in [1.29, 1.82) is 0 Å². The first-order chi connectivity index (χ1) is 15.1. The maximum absolute atomic E-state index is 11.2. The van der Waals surface area contributed by atoms with Gasteiger partial charge in [-0.05, 0) is 55.5 Å². The Bertz CT molecular complexity index is 1090.